The minimum Gasteiger partial charge on any atom is -0.462 e. The van der Waals surface area contributed by atoms with Gasteiger partial charge in [-0.1, -0.05) is 126 Å². The Morgan fingerprint density at radius 2 is 1.13 bits per heavy atom. The average molecular weight is 785 g/mol. The molecule has 0 aliphatic carbocycles. The maximum atomic E-state index is 12.6. The van der Waals surface area contributed by atoms with Crippen molar-refractivity contribution in [2.24, 2.45) is 0 Å². The molecule has 0 saturated carbocycles. The van der Waals surface area contributed by atoms with Crippen molar-refractivity contribution in [3.63, 3.8) is 0 Å². The molecule has 0 aliphatic heterocycles. The first-order chi connectivity index (χ1) is 26.1. The van der Waals surface area contributed by atoms with E-state index in [9.17, 15) is 29.3 Å². The summed E-state index contributed by atoms with van der Waals surface area (Å²) in [5.74, 6) is -1.03. The second-order valence-corrected chi connectivity index (χ2v) is 14.9. The summed E-state index contributed by atoms with van der Waals surface area (Å²) < 4.78 is 32.5. The van der Waals surface area contributed by atoms with Crippen LogP contribution in [-0.4, -0.2) is 76.9 Å². The normalized spacial score (nSPS) is 15.1. The lowest BCUT2D eigenvalue weighted by Crippen LogP contribution is -2.29. The maximum absolute atomic E-state index is 12.6. The topological polar surface area (TPSA) is 169 Å². The van der Waals surface area contributed by atoms with E-state index in [4.69, 9.17) is 19.1 Å². The number of carbonyl (C=O) groups excluding carboxylic acids is 2. The van der Waals surface area contributed by atoms with E-state index < -0.39 is 51.8 Å². The smallest absolute Gasteiger partial charge is 0.462 e. The van der Waals surface area contributed by atoms with Crippen LogP contribution in [0.1, 0.15) is 149 Å². The average Bonchev–Trinajstić information content (AvgIpc) is 3.15. The van der Waals surface area contributed by atoms with Crippen LogP contribution in [0.5, 0.6) is 0 Å². The lowest BCUT2D eigenvalue weighted by molar-refractivity contribution is -0.161. The third kappa shape index (κ3) is 36.6. The summed E-state index contributed by atoms with van der Waals surface area (Å²) in [5.41, 5.74) is 0. The van der Waals surface area contributed by atoms with Crippen LogP contribution >= 0.6 is 7.82 Å². The first-order valence-corrected chi connectivity index (χ1v) is 21.8. The van der Waals surface area contributed by atoms with Gasteiger partial charge in [0.05, 0.1) is 25.9 Å². The molecule has 1 unspecified atom stereocenters. The van der Waals surface area contributed by atoms with Crippen LogP contribution in [-0.2, 0) is 32.7 Å². The van der Waals surface area contributed by atoms with E-state index in [0.717, 1.165) is 77.0 Å². The number of aliphatic hydroxyl groups is 3. The number of phosphoric ester groups is 1. The van der Waals surface area contributed by atoms with E-state index in [0.29, 0.717) is 19.3 Å². The van der Waals surface area contributed by atoms with Gasteiger partial charge < -0.3 is 29.7 Å². The van der Waals surface area contributed by atoms with Gasteiger partial charge in [0.25, 0.3) is 0 Å². The molecule has 12 heteroatoms. The van der Waals surface area contributed by atoms with Crippen molar-refractivity contribution in [1.82, 2.24) is 0 Å². The van der Waals surface area contributed by atoms with Crippen molar-refractivity contribution in [1.29, 1.82) is 0 Å². The zero-order valence-corrected chi connectivity index (χ0v) is 34.2. The maximum Gasteiger partial charge on any atom is 0.472 e. The van der Waals surface area contributed by atoms with Crippen molar-refractivity contribution < 1.29 is 52.9 Å². The number of allylic oxidation sites excluding steroid dienone is 9. The number of hydrogen-bond acceptors (Lipinski definition) is 10. The molecule has 0 bridgehead atoms. The van der Waals surface area contributed by atoms with Crippen LogP contribution in [0.15, 0.2) is 60.8 Å². The van der Waals surface area contributed by atoms with Gasteiger partial charge in [-0.25, -0.2) is 4.57 Å². The zero-order chi connectivity index (χ0) is 40.0. The van der Waals surface area contributed by atoms with Crippen LogP contribution in [0.3, 0.4) is 0 Å². The van der Waals surface area contributed by atoms with E-state index in [2.05, 4.69) is 54.8 Å². The highest BCUT2D eigenvalue weighted by Crippen LogP contribution is 2.43. The molecule has 4 N–H and O–H groups in total. The fraction of sp³-hybridized carbons (Fsp3) is 0.714. The van der Waals surface area contributed by atoms with Gasteiger partial charge in [0, 0.05) is 12.8 Å². The lowest BCUT2D eigenvalue weighted by Gasteiger charge is -2.20. The summed E-state index contributed by atoms with van der Waals surface area (Å²) in [5, 5.41) is 28.1. The van der Waals surface area contributed by atoms with Crippen molar-refractivity contribution >= 4 is 19.8 Å². The number of aliphatic hydroxyl groups excluding tert-OH is 3. The van der Waals surface area contributed by atoms with E-state index >= 15 is 0 Å². The Morgan fingerprint density at radius 1 is 0.611 bits per heavy atom. The molecule has 0 rings (SSSR count). The van der Waals surface area contributed by atoms with Crippen molar-refractivity contribution in [2.75, 3.05) is 26.4 Å². The second-order valence-electron chi connectivity index (χ2n) is 13.5. The molecule has 54 heavy (non-hydrogen) atoms. The van der Waals surface area contributed by atoms with Gasteiger partial charge in [0.1, 0.15) is 12.7 Å². The predicted octanol–water partition coefficient (Wildman–Crippen LogP) is 9.30. The van der Waals surface area contributed by atoms with Gasteiger partial charge in [-0.2, -0.15) is 0 Å². The Hall–Kier alpha value is -2.37. The Balaban J connectivity index is 4.49. The molecule has 11 nitrogen and oxygen atoms in total. The minimum atomic E-state index is -4.64. The third-order valence-electron chi connectivity index (χ3n) is 8.22. The number of rotatable bonds is 37. The molecule has 0 aromatic rings. The fourth-order valence-electron chi connectivity index (χ4n) is 5.00. The van der Waals surface area contributed by atoms with Gasteiger partial charge in [-0.05, 0) is 70.6 Å². The van der Waals surface area contributed by atoms with Crippen molar-refractivity contribution in [3.05, 3.63) is 60.8 Å². The predicted molar refractivity (Wildman–Crippen MR) is 216 cm³/mol. The molecule has 0 radical (unpaired) electrons. The summed E-state index contributed by atoms with van der Waals surface area (Å²) >= 11 is 0. The standard InChI is InChI=1S/C42H73O11P/c1-3-5-7-8-9-10-11-12-16-19-22-25-28-32-41(46)50-36-40(37-52-54(48,49)51-35-39(45)34-43)53-42(47)33-29-26-23-20-17-14-13-15-18-21-24-27-31-38(44)30-6-4-2/h10-11,13-14,18,20-21,23,27,31,38-40,43-45H,3-9,12,15-17,19,22,24-26,28-30,32-37H2,1-2H3,(H,48,49)/b11-10-,14-13-,21-18-,23-20-,31-27-/t38-,39+,40-/m1/s1. The van der Waals surface area contributed by atoms with Gasteiger partial charge in [0.15, 0.2) is 6.10 Å². The van der Waals surface area contributed by atoms with Gasteiger partial charge in [-0.15, -0.1) is 0 Å². The summed E-state index contributed by atoms with van der Waals surface area (Å²) in [6.07, 6.45) is 36.7. The summed E-state index contributed by atoms with van der Waals surface area (Å²) in [7, 11) is -4.64. The molecule has 0 aromatic carbocycles. The molecule has 0 aliphatic rings. The number of ether oxygens (including phenoxy) is 2. The van der Waals surface area contributed by atoms with Gasteiger partial charge >= 0.3 is 19.8 Å². The van der Waals surface area contributed by atoms with Crippen LogP contribution < -0.4 is 0 Å². The lowest BCUT2D eigenvalue weighted by atomic mass is 10.1. The van der Waals surface area contributed by atoms with E-state index in [1.165, 1.54) is 25.7 Å². The second kappa shape index (κ2) is 37.5. The SMILES string of the molecule is CCCCCC/C=C\CCCCCCCC(=O)OC[C@H](COP(=O)(O)OC[C@@H](O)CO)OC(=O)CCC/C=C\C/C=C\C/C=C\C/C=C\[C@H](O)CCCC. The molecule has 0 amide bonds. The van der Waals surface area contributed by atoms with Crippen molar-refractivity contribution in [2.45, 2.75) is 167 Å². The molecular formula is C42H73O11P. The Labute approximate surface area is 326 Å². The van der Waals surface area contributed by atoms with E-state index in [1.54, 1.807) is 0 Å². The third-order valence-corrected chi connectivity index (χ3v) is 9.17. The largest absolute Gasteiger partial charge is 0.472 e. The number of phosphoric acid groups is 1. The van der Waals surface area contributed by atoms with Gasteiger partial charge in [-0.3, -0.25) is 18.6 Å². The Morgan fingerprint density at radius 3 is 1.78 bits per heavy atom. The Bertz CT molecular complexity index is 1100. The number of esters is 2. The van der Waals surface area contributed by atoms with Gasteiger partial charge in [0.2, 0.25) is 0 Å². The van der Waals surface area contributed by atoms with Crippen LogP contribution in [0.25, 0.3) is 0 Å². The zero-order valence-electron chi connectivity index (χ0n) is 33.3. The van der Waals surface area contributed by atoms with E-state index in [1.807, 2.05) is 24.3 Å². The summed E-state index contributed by atoms with van der Waals surface area (Å²) in [4.78, 5) is 34.9. The quantitative estimate of drug-likeness (QED) is 0.0205. The highest BCUT2D eigenvalue weighted by Gasteiger charge is 2.27. The molecule has 0 fully saturated rings. The Kier molecular flexibility index (Phi) is 35.9. The highest BCUT2D eigenvalue weighted by atomic mass is 31.2. The summed E-state index contributed by atoms with van der Waals surface area (Å²) in [6.45, 7) is 2.10. The first-order valence-electron chi connectivity index (χ1n) is 20.3. The monoisotopic (exact) mass is 784 g/mol. The van der Waals surface area contributed by atoms with Crippen LogP contribution in [0.2, 0.25) is 0 Å². The van der Waals surface area contributed by atoms with E-state index in [-0.39, 0.29) is 25.6 Å². The summed E-state index contributed by atoms with van der Waals surface area (Å²) in [6, 6.07) is 0. The molecule has 0 spiro atoms. The number of hydrogen-bond donors (Lipinski definition) is 4. The number of unbranched alkanes of at least 4 members (excludes halogenated alkanes) is 11. The van der Waals surface area contributed by atoms with Crippen molar-refractivity contribution in [3.8, 4) is 0 Å². The van der Waals surface area contributed by atoms with Crippen LogP contribution in [0.4, 0.5) is 0 Å². The molecular weight excluding hydrogens is 711 g/mol. The highest BCUT2D eigenvalue weighted by molar-refractivity contribution is 7.47. The molecule has 312 valence electrons. The number of carbonyl (C=O) groups is 2. The van der Waals surface area contributed by atoms with Crippen LogP contribution in [0, 0.1) is 0 Å². The first kappa shape index (κ1) is 51.6. The molecule has 4 atom stereocenters. The molecule has 0 heterocycles. The fourth-order valence-corrected chi connectivity index (χ4v) is 5.79. The minimum absolute atomic E-state index is 0.0875. The molecule has 0 aromatic heterocycles. The molecule has 0 saturated heterocycles.